The molecule has 0 unspecified atom stereocenters. The number of nitrogens with zero attached hydrogens (tertiary/aromatic N) is 5. The van der Waals surface area contributed by atoms with Gasteiger partial charge in [0.1, 0.15) is 5.52 Å². The molecular weight excluding hydrogens is 366 g/mol. The Kier molecular flexibility index (Phi) is 4.56. The van der Waals surface area contributed by atoms with Crippen molar-refractivity contribution in [3.05, 3.63) is 24.0 Å². The molecule has 7 heteroatoms. The number of rotatable bonds is 3. The average Bonchev–Trinajstić information content (AvgIpc) is 3.11. The smallest absolute Gasteiger partial charge is 0.255 e. The van der Waals surface area contributed by atoms with Crippen LogP contribution in [0.15, 0.2) is 18.5 Å². The number of aromatic nitrogens is 3. The van der Waals surface area contributed by atoms with Crippen LogP contribution in [0.4, 0.5) is 0 Å². The predicted molar refractivity (Wildman–Crippen MR) is 109 cm³/mol. The van der Waals surface area contributed by atoms with Crippen molar-refractivity contribution < 1.29 is 9.59 Å². The highest BCUT2D eigenvalue weighted by Gasteiger charge is 2.49. The molecule has 4 atom stereocenters. The van der Waals surface area contributed by atoms with Crippen molar-refractivity contribution in [3.8, 4) is 0 Å². The summed E-state index contributed by atoms with van der Waals surface area (Å²) in [6.07, 6.45) is 9.39. The first-order chi connectivity index (χ1) is 14.1. The summed E-state index contributed by atoms with van der Waals surface area (Å²) in [4.78, 5) is 34.8. The van der Waals surface area contributed by atoms with Crippen molar-refractivity contribution >= 4 is 22.8 Å². The lowest BCUT2D eigenvalue weighted by Gasteiger charge is -2.56. The molecule has 0 radical (unpaired) electrons. The Morgan fingerprint density at radius 3 is 2.90 bits per heavy atom. The maximum Gasteiger partial charge on any atom is 0.255 e. The number of carbonyl (C=O) groups excluding carboxylic acids is 2. The molecule has 3 aliphatic heterocycles. The standard InChI is InChI=1S/C22H29N5O2/c1-3-5-18-15-8-16(19-6-4-7-21(28)27(18)19)13-26(12-15)22(29)14-9-20-17(23-10-14)11-24-25(20)2/h9-11,15-16,18-19H,3-8,12-13H2,1-2H3/t15-,16+,18-,19-/m0/s1. The number of amides is 2. The van der Waals surface area contributed by atoms with Crippen molar-refractivity contribution in [2.24, 2.45) is 18.9 Å². The Morgan fingerprint density at radius 1 is 1.24 bits per heavy atom. The number of carbonyl (C=O) groups is 2. The maximum atomic E-state index is 13.4. The van der Waals surface area contributed by atoms with E-state index < -0.39 is 0 Å². The normalized spacial score (nSPS) is 29.2. The number of hydrogen-bond donors (Lipinski definition) is 0. The van der Waals surface area contributed by atoms with Crippen LogP contribution in [0, 0.1) is 11.8 Å². The molecule has 7 nitrogen and oxygen atoms in total. The Balaban J connectivity index is 1.43. The molecule has 2 aromatic rings. The second kappa shape index (κ2) is 7.11. The van der Waals surface area contributed by atoms with Crippen molar-refractivity contribution in [1.82, 2.24) is 24.6 Å². The maximum absolute atomic E-state index is 13.4. The molecule has 0 aromatic carbocycles. The molecule has 0 spiro atoms. The van der Waals surface area contributed by atoms with E-state index in [9.17, 15) is 9.59 Å². The Hall–Kier alpha value is -2.44. The van der Waals surface area contributed by atoms with E-state index in [-0.39, 0.29) is 11.9 Å². The molecule has 154 valence electrons. The third kappa shape index (κ3) is 3.02. The van der Waals surface area contributed by atoms with Gasteiger partial charge in [-0.15, -0.1) is 0 Å². The highest BCUT2D eigenvalue weighted by atomic mass is 16.2. The second-order valence-corrected chi connectivity index (χ2v) is 8.98. The minimum atomic E-state index is 0.0566. The van der Waals surface area contributed by atoms with Crippen LogP contribution >= 0.6 is 0 Å². The van der Waals surface area contributed by atoms with Crippen LogP contribution in [0.25, 0.3) is 11.0 Å². The molecule has 0 saturated carbocycles. The van der Waals surface area contributed by atoms with Crippen molar-refractivity contribution in [2.45, 2.75) is 57.5 Å². The number of likely N-dealkylation sites (tertiary alicyclic amines) is 1. The highest BCUT2D eigenvalue weighted by Crippen LogP contribution is 2.43. The van der Waals surface area contributed by atoms with Crippen LogP contribution in [0.1, 0.15) is 55.8 Å². The summed E-state index contributed by atoms with van der Waals surface area (Å²) in [7, 11) is 1.87. The molecule has 3 fully saturated rings. The van der Waals surface area contributed by atoms with E-state index in [1.54, 1.807) is 17.1 Å². The van der Waals surface area contributed by atoms with Crippen molar-refractivity contribution in [1.29, 1.82) is 0 Å². The Morgan fingerprint density at radius 2 is 2.07 bits per heavy atom. The van der Waals surface area contributed by atoms with E-state index in [4.69, 9.17) is 0 Å². The van der Waals surface area contributed by atoms with Gasteiger partial charge in [-0.05, 0) is 43.6 Å². The van der Waals surface area contributed by atoms with E-state index in [1.807, 2.05) is 18.0 Å². The first kappa shape index (κ1) is 18.6. The quantitative estimate of drug-likeness (QED) is 0.801. The van der Waals surface area contributed by atoms with Gasteiger partial charge in [-0.3, -0.25) is 19.3 Å². The molecule has 0 N–H and O–H groups in total. The second-order valence-electron chi connectivity index (χ2n) is 8.98. The van der Waals surface area contributed by atoms with Gasteiger partial charge in [0.2, 0.25) is 5.91 Å². The van der Waals surface area contributed by atoms with Gasteiger partial charge < -0.3 is 9.80 Å². The fourth-order valence-corrected chi connectivity index (χ4v) is 5.93. The van der Waals surface area contributed by atoms with E-state index in [0.29, 0.717) is 35.8 Å². The summed E-state index contributed by atoms with van der Waals surface area (Å²) >= 11 is 0. The Labute approximate surface area is 171 Å². The van der Waals surface area contributed by atoms with Gasteiger partial charge >= 0.3 is 0 Å². The molecular formula is C22H29N5O2. The molecule has 0 aliphatic carbocycles. The van der Waals surface area contributed by atoms with Gasteiger partial charge in [0.15, 0.2) is 0 Å². The lowest BCUT2D eigenvalue weighted by molar-refractivity contribution is -0.152. The van der Waals surface area contributed by atoms with Crippen molar-refractivity contribution in [2.75, 3.05) is 13.1 Å². The molecule has 5 heterocycles. The largest absolute Gasteiger partial charge is 0.338 e. The monoisotopic (exact) mass is 395 g/mol. The summed E-state index contributed by atoms with van der Waals surface area (Å²) in [5, 5.41) is 4.23. The minimum Gasteiger partial charge on any atom is -0.338 e. The predicted octanol–water partition coefficient (Wildman–Crippen LogP) is 2.61. The van der Waals surface area contributed by atoms with Crippen LogP contribution < -0.4 is 0 Å². The fourth-order valence-electron chi connectivity index (χ4n) is 5.93. The zero-order valence-electron chi connectivity index (χ0n) is 17.3. The molecule has 2 amide bonds. The lowest BCUT2D eigenvalue weighted by atomic mass is 9.71. The van der Waals surface area contributed by atoms with Gasteiger partial charge in [0.05, 0.1) is 17.3 Å². The zero-order chi connectivity index (χ0) is 20.1. The van der Waals surface area contributed by atoms with E-state index in [1.165, 1.54) is 0 Å². The summed E-state index contributed by atoms with van der Waals surface area (Å²) in [6, 6.07) is 2.49. The number of pyridine rings is 1. The van der Waals surface area contributed by atoms with Crippen LogP contribution in [-0.2, 0) is 11.8 Å². The first-order valence-electron chi connectivity index (χ1n) is 10.9. The van der Waals surface area contributed by atoms with Crippen LogP contribution in [0.3, 0.4) is 0 Å². The fraction of sp³-hybridized carbons (Fsp3) is 0.636. The minimum absolute atomic E-state index is 0.0566. The molecule has 3 saturated heterocycles. The molecule has 29 heavy (non-hydrogen) atoms. The van der Waals surface area contributed by atoms with Gasteiger partial charge in [-0.25, -0.2) is 0 Å². The summed E-state index contributed by atoms with van der Waals surface area (Å²) < 4.78 is 1.76. The SMILES string of the molecule is CCC[C@H]1[C@H]2C[C@H](CN(C(=O)c3cnc4cnn(C)c4c3)C2)[C@@H]2CCCC(=O)N21. The third-order valence-electron chi connectivity index (χ3n) is 7.21. The number of aryl methyl sites for hydroxylation is 1. The Bertz CT molecular complexity index is 954. The van der Waals surface area contributed by atoms with Gasteiger partial charge in [0, 0.05) is 44.8 Å². The molecule has 2 aromatic heterocycles. The summed E-state index contributed by atoms with van der Waals surface area (Å²) in [5.74, 6) is 1.16. The summed E-state index contributed by atoms with van der Waals surface area (Å²) in [5.41, 5.74) is 2.31. The van der Waals surface area contributed by atoms with Gasteiger partial charge in [-0.1, -0.05) is 13.3 Å². The first-order valence-corrected chi connectivity index (χ1v) is 10.9. The lowest BCUT2D eigenvalue weighted by Crippen LogP contribution is -2.65. The third-order valence-corrected chi connectivity index (χ3v) is 7.21. The van der Waals surface area contributed by atoms with Crippen molar-refractivity contribution in [3.63, 3.8) is 0 Å². The zero-order valence-corrected chi connectivity index (χ0v) is 17.3. The van der Waals surface area contributed by atoms with Gasteiger partial charge in [0.25, 0.3) is 5.91 Å². The number of hydrogen-bond acceptors (Lipinski definition) is 4. The van der Waals surface area contributed by atoms with Crippen LogP contribution in [0.5, 0.6) is 0 Å². The molecule has 3 aliphatic rings. The summed E-state index contributed by atoms with van der Waals surface area (Å²) in [6.45, 7) is 3.67. The van der Waals surface area contributed by atoms with Crippen LogP contribution in [-0.4, -0.2) is 61.6 Å². The van der Waals surface area contributed by atoms with E-state index in [2.05, 4.69) is 21.9 Å². The molecule has 2 bridgehead atoms. The topological polar surface area (TPSA) is 71.3 Å². The van der Waals surface area contributed by atoms with E-state index >= 15 is 0 Å². The van der Waals surface area contributed by atoms with E-state index in [0.717, 1.165) is 56.2 Å². The number of piperidine rings is 3. The van der Waals surface area contributed by atoms with Gasteiger partial charge in [-0.2, -0.15) is 5.10 Å². The highest BCUT2D eigenvalue weighted by molar-refractivity contribution is 5.96. The van der Waals surface area contributed by atoms with Crippen LogP contribution in [0.2, 0.25) is 0 Å². The number of fused-ring (bicyclic) bond motifs is 5. The average molecular weight is 396 g/mol. The molecule has 5 rings (SSSR count).